The van der Waals surface area contributed by atoms with E-state index in [0.29, 0.717) is 13.0 Å². The number of hydrogen-bond acceptors (Lipinski definition) is 3. The molecule has 0 amide bonds. The van der Waals surface area contributed by atoms with E-state index >= 15 is 0 Å². The van der Waals surface area contributed by atoms with Gasteiger partial charge in [-0.15, -0.1) is 0 Å². The van der Waals surface area contributed by atoms with Crippen molar-refractivity contribution in [2.75, 3.05) is 6.61 Å². The van der Waals surface area contributed by atoms with Crippen molar-refractivity contribution in [1.29, 1.82) is 0 Å². The summed E-state index contributed by atoms with van der Waals surface area (Å²) in [5.41, 5.74) is 2.15. The molecule has 1 N–H and O–H groups in total. The minimum absolute atomic E-state index is 0.0379. The maximum absolute atomic E-state index is 11.6. The summed E-state index contributed by atoms with van der Waals surface area (Å²) in [4.78, 5) is 11.6. The molecule has 2 rings (SSSR count). The van der Waals surface area contributed by atoms with E-state index in [4.69, 9.17) is 5.11 Å². The summed E-state index contributed by atoms with van der Waals surface area (Å²) in [6.07, 6.45) is 4.88. The Bertz CT molecular complexity index is 398. The number of nitrogens with zero attached hydrogens (tertiary/aromatic N) is 2. The van der Waals surface area contributed by atoms with E-state index in [2.05, 4.69) is 5.10 Å². The van der Waals surface area contributed by atoms with Crippen molar-refractivity contribution in [3.05, 3.63) is 27.7 Å². The average Bonchev–Trinajstić information content (AvgIpc) is 2.26. The molecule has 0 unspecified atom stereocenters. The van der Waals surface area contributed by atoms with Crippen LogP contribution in [0.1, 0.15) is 30.5 Å². The fourth-order valence-corrected chi connectivity index (χ4v) is 1.98. The summed E-state index contributed by atoms with van der Waals surface area (Å²) < 4.78 is 1.47. The predicted molar refractivity (Wildman–Crippen MR) is 56.8 cm³/mol. The first kappa shape index (κ1) is 10.4. The number of aryl methyl sites for hydroxylation is 3. The van der Waals surface area contributed by atoms with Gasteiger partial charge < -0.3 is 5.11 Å². The van der Waals surface area contributed by atoms with Gasteiger partial charge in [-0.1, -0.05) is 0 Å². The smallest absolute Gasteiger partial charge is 0.267 e. The Morgan fingerprint density at radius 3 is 3.00 bits per heavy atom. The van der Waals surface area contributed by atoms with Crippen LogP contribution in [0.5, 0.6) is 0 Å². The first-order valence-electron chi connectivity index (χ1n) is 5.52. The molecule has 1 aromatic heterocycles. The van der Waals surface area contributed by atoms with E-state index in [9.17, 15) is 4.79 Å². The molecule has 0 saturated heterocycles. The predicted octanol–water partition coefficient (Wildman–Crippen LogP) is 0.504. The van der Waals surface area contributed by atoms with Gasteiger partial charge in [0.2, 0.25) is 0 Å². The van der Waals surface area contributed by atoms with Gasteiger partial charge >= 0.3 is 0 Å². The molecular weight excluding hydrogens is 192 g/mol. The quantitative estimate of drug-likeness (QED) is 0.787. The highest BCUT2D eigenvalue weighted by Gasteiger charge is 2.12. The molecule has 4 heteroatoms. The van der Waals surface area contributed by atoms with Gasteiger partial charge in [-0.25, -0.2) is 4.68 Å². The van der Waals surface area contributed by atoms with Crippen molar-refractivity contribution < 1.29 is 5.11 Å². The minimum atomic E-state index is -0.0379. The van der Waals surface area contributed by atoms with Crippen LogP contribution in [0.3, 0.4) is 0 Å². The van der Waals surface area contributed by atoms with Crippen molar-refractivity contribution in [3.63, 3.8) is 0 Å². The standard InChI is InChI=1S/C11H16N2O2/c14-7-3-6-13-11(15)8-9-4-1-2-5-10(9)12-13/h8,14H,1-7H2. The van der Waals surface area contributed by atoms with Crippen molar-refractivity contribution in [2.24, 2.45) is 0 Å². The maximum atomic E-state index is 11.6. The molecule has 0 aromatic carbocycles. The Hall–Kier alpha value is -1.16. The lowest BCUT2D eigenvalue weighted by Gasteiger charge is -2.15. The van der Waals surface area contributed by atoms with Crippen molar-refractivity contribution in [1.82, 2.24) is 9.78 Å². The molecular formula is C11H16N2O2. The van der Waals surface area contributed by atoms with Crippen LogP contribution >= 0.6 is 0 Å². The van der Waals surface area contributed by atoms with Gasteiger partial charge in [0.05, 0.1) is 5.69 Å². The molecule has 0 radical (unpaired) electrons. The molecule has 0 atom stereocenters. The first-order valence-corrected chi connectivity index (χ1v) is 5.52. The molecule has 1 aromatic rings. The highest BCUT2D eigenvalue weighted by Crippen LogP contribution is 2.16. The van der Waals surface area contributed by atoms with Crippen LogP contribution < -0.4 is 5.56 Å². The Kier molecular flexibility index (Phi) is 3.16. The number of aliphatic hydroxyl groups excluding tert-OH is 1. The topological polar surface area (TPSA) is 55.1 Å². The van der Waals surface area contributed by atoms with Crippen molar-refractivity contribution >= 4 is 0 Å². The molecule has 1 aliphatic carbocycles. The van der Waals surface area contributed by atoms with Crippen LogP contribution in [-0.4, -0.2) is 21.5 Å². The lowest BCUT2D eigenvalue weighted by Crippen LogP contribution is -2.26. The summed E-state index contributed by atoms with van der Waals surface area (Å²) in [5, 5.41) is 13.1. The van der Waals surface area contributed by atoms with Crippen LogP contribution in [0, 0.1) is 0 Å². The minimum Gasteiger partial charge on any atom is -0.396 e. The van der Waals surface area contributed by atoms with Gasteiger partial charge in [-0.3, -0.25) is 4.79 Å². The number of aromatic nitrogens is 2. The highest BCUT2D eigenvalue weighted by atomic mass is 16.3. The molecule has 0 spiro atoms. The van der Waals surface area contributed by atoms with Gasteiger partial charge in [0.25, 0.3) is 5.56 Å². The number of hydrogen-bond donors (Lipinski definition) is 1. The normalized spacial score (nSPS) is 15.0. The van der Waals surface area contributed by atoms with Crippen LogP contribution in [0.4, 0.5) is 0 Å². The van der Waals surface area contributed by atoms with Crippen LogP contribution in [0.15, 0.2) is 10.9 Å². The zero-order valence-corrected chi connectivity index (χ0v) is 8.78. The summed E-state index contributed by atoms with van der Waals surface area (Å²) in [6, 6.07) is 1.71. The molecule has 0 aliphatic heterocycles. The van der Waals surface area contributed by atoms with E-state index in [-0.39, 0.29) is 12.2 Å². The third-order valence-corrected chi connectivity index (χ3v) is 2.80. The zero-order valence-electron chi connectivity index (χ0n) is 8.78. The fraction of sp³-hybridized carbons (Fsp3) is 0.636. The molecule has 0 fully saturated rings. The molecule has 1 heterocycles. The lowest BCUT2D eigenvalue weighted by atomic mass is 9.97. The second-order valence-corrected chi connectivity index (χ2v) is 3.96. The Morgan fingerprint density at radius 2 is 2.20 bits per heavy atom. The van der Waals surface area contributed by atoms with Gasteiger partial charge in [-0.05, 0) is 37.7 Å². The second kappa shape index (κ2) is 4.57. The molecule has 0 saturated carbocycles. The second-order valence-electron chi connectivity index (χ2n) is 3.96. The monoisotopic (exact) mass is 208 g/mol. The number of rotatable bonds is 3. The number of aliphatic hydroxyl groups is 1. The summed E-state index contributed by atoms with van der Waals surface area (Å²) >= 11 is 0. The van der Waals surface area contributed by atoms with Crippen LogP contribution in [0.2, 0.25) is 0 Å². The maximum Gasteiger partial charge on any atom is 0.267 e. The third-order valence-electron chi connectivity index (χ3n) is 2.80. The number of fused-ring (bicyclic) bond motifs is 1. The molecule has 15 heavy (non-hydrogen) atoms. The Balaban J connectivity index is 2.28. The Morgan fingerprint density at radius 1 is 1.40 bits per heavy atom. The largest absolute Gasteiger partial charge is 0.396 e. The van der Waals surface area contributed by atoms with Gasteiger partial charge in [-0.2, -0.15) is 5.10 Å². The van der Waals surface area contributed by atoms with E-state index < -0.39 is 0 Å². The molecule has 82 valence electrons. The SMILES string of the molecule is O=c1cc2c(nn1CCCO)CCCC2. The van der Waals surface area contributed by atoms with E-state index in [0.717, 1.165) is 36.9 Å². The first-order chi connectivity index (χ1) is 7.31. The third kappa shape index (κ3) is 2.26. The van der Waals surface area contributed by atoms with E-state index in [1.165, 1.54) is 4.68 Å². The highest BCUT2D eigenvalue weighted by molar-refractivity contribution is 5.20. The molecule has 0 bridgehead atoms. The van der Waals surface area contributed by atoms with Gasteiger partial charge in [0.1, 0.15) is 0 Å². The summed E-state index contributed by atoms with van der Waals surface area (Å²) in [6.45, 7) is 0.619. The zero-order chi connectivity index (χ0) is 10.7. The fourth-order valence-electron chi connectivity index (χ4n) is 1.98. The van der Waals surface area contributed by atoms with Gasteiger partial charge in [0.15, 0.2) is 0 Å². The van der Waals surface area contributed by atoms with E-state index in [1.54, 1.807) is 6.07 Å². The van der Waals surface area contributed by atoms with Gasteiger partial charge in [0, 0.05) is 19.2 Å². The molecule has 1 aliphatic rings. The van der Waals surface area contributed by atoms with E-state index in [1.807, 2.05) is 0 Å². The summed E-state index contributed by atoms with van der Waals surface area (Å²) in [7, 11) is 0. The Labute approximate surface area is 88.6 Å². The summed E-state index contributed by atoms with van der Waals surface area (Å²) in [5.74, 6) is 0. The molecule has 4 nitrogen and oxygen atoms in total. The average molecular weight is 208 g/mol. The van der Waals surface area contributed by atoms with Crippen LogP contribution in [0.25, 0.3) is 0 Å². The van der Waals surface area contributed by atoms with Crippen molar-refractivity contribution in [3.8, 4) is 0 Å². The lowest BCUT2D eigenvalue weighted by molar-refractivity contribution is 0.275. The van der Waals surface area contributed by atoms with Crippen LogP contribution in [-0.2, 0) is 19.4 Å². The van der Waals surface area contributed by atoms with Crippen molar-refractivity contribution in [2.45, 2.75) is 38.6 Å².